The third kappa shape index (κ3) is 4.56. The molecule has 0 atom stereocenters. The van der Waals surface area contributed by atoms with Crippen molar-refractivity contribution in [3.63, 3.8) is 0 Å². The van der Waals surface area contributed by atoms with Crippen LogP contribution < -0.4 is 15.0 Å². The van der Waals surface area contributed by atoms with Crippen LogP contribution in [0.3, 0.4) is 0 Å². The van der Waals surface area contributed by atoms with Gasteiger partial charge in [0.25, 0.3) is 0 Å². The first kappa shape index (κ1) is 15.5. The van der Waals surface area contributed by atoms with Gasteiger partial charge in [-0.15, -0.1) is 0 Å². The van der Waals surface area contributed by atoms with Gasteiger partial charge < -0.3 is 19.9 Å². The highest BCUT2D eigenvalue weighted by Crippen LogP contribution is 2.14. The smallest absolute Gasteiger partial charge is 0.242 e. The van der Waals surface area contributed by atoms with Crippen LogP contribution in [-0.4, -0.2) is 66.7 Å². The summed E-state index contributed by atoms with van der Waals surface area (Å²) < 4.78 is 5.52. The van der Waals surface area contributed by atoms with Crippen LogP contribution in [0.15, 0.2) is 12.4 Å². The monoisotopic (exact) mass is 293 g/mol. The number of nitrogens with zero attached hydrogens (tertiary/aromatic N) is 4. The molecular formula is C14H23N5O2. The molecule has 2 rings (SSSR count). The van der Waals surface area contributed by atoms with Gasteiger partial charge in [-0.1, -0.05) is 0 Å². The van der Waals surface area contributed by atoms with E-state index in [4.69, 9.17) is 4.74 Å². The summed E-state index contributed by atoms with van der Waals surface area (Å²) in [6, 6.07) is 0. The molecule has 1 fully saturated rings. The first-order valence-electron chi connectivity index (χ1n) is 7.24. The van der Waals surface area contributed by atoms with Gasteiger partial charge in [-0.25, -0.2) is 0 Å². The molecule has 0 saturated carbocycles. The number of piperazine rings is 1. The second kappa shape index (κ2) is 7.21. The standard InChI is InChI=1S/C14H23N5O2/c1-11(2)21-13-9-16-8-12(17-13)18(3)10-14(20)19-6-4-15-5-7-19/h8-9,11,15H,4-7,10H2,1-3H3. The summed E-state index contributed by atoms with van der Waals surface area (Å²) >= 11 is 0. The topological polar surface area (TPSA) is 70.6 Å². The number of carbonyl (C=O) groups excluding carboxylic acids is 1. The Morgan fingerprint density at radius 1 is 1.43 bits per heavy atom. The predicted octanol–water partition coefficient (Wildman–Crippen LogP) is 0.132. The van der Waals surface area contributed by atoms with Gasteiger partial charge in [-0.3, -0.25) is 9.78 Å². The molecule has 1 aliphatic rings. The number of likely N-dealkylation sites (N-methyl/N-ethyl adjacent to an activating group) is 1. The highest BCUT2D eigenvalue weighted by Gasteiger charge is 2.18. The second-order valence-corrected chi connectivity index (χ2v) is 5.37. The van der Waals surface area contributed by atoms with E-state index in [0.29, 0.717) is 18.2 Å². The molecule has 1 saturated heterocycles. The minimum absolute atomic E-state index is 0.0438. The molecule has 1 aromatic heterocycles. The van der Waals surface area contributed by atoms with Gasteiger partial charge in [0.2, 0.25) is 11.8 Å². The van der Waals surface area contributed by atoms with E-state index < -0.39 is 0 Å². The van der Waals surface area contributed by atoms with Crippen molar-refractivity contribution in [1.29, 1.82) is 0 Å². The number of carbonyl (C=O) groups is 1. The van der Waals surface area contributed by atoms with Crippen molar-refractivity contribution in [3.8, 4) is 5.88 Å². The van der Waals surface area contributed by atoms with Crippen LogP contribution in [0.4, 0.5) is 5.82 Å². The summed E-state index contributed by atoms with van der Waals surface area (Å²) in [7, 11) is 1.84. The lowest BCUT2D eigenvalue weighted by molar-refractivity contribution is -0.130. The molecule has 21 heavy (non-hydrogen) atoms. The molecule has 0 bridgehead atoms. The van der Waals surface area contributed by atoms with E-state index >= 15 is 0 Å². The molecule has 2 heterocycles. The minimum Gasteiger partial charge on any atom is -0.474 e. The van der Waals surface area contributed by atoms with E-state index in [-0.39, 0.29) is 12.0 Å². The summed E-state index contributed by atoms with van der Waals surface area (Å²) in [6.07, 6.45) is 3.26. The van der Waals surface area contributed by atoms with E-state index in [9.17, 15) is 4.79 Å². The summed E-state index contributed by atoms with van der Waals surface area (Å²) in [5.41, 5.74) is 0. The Morgan fingerprint density at radius 3 is 2.81 bits per heavy atom. The molecule has 7 nitrogen and oxygen atoms in total. The summed E-state index contributed by atoms with van der Waals surface area (Å²) in [6.45, 7) is 7.39. The van der Waals surface area contributed by atoms with Crippen LogP contribution in [0.25, 0.3) is 0 Å². The quantitative estimate of drug-likeness (QED) is 0.832. The van der Waals surface area contributed by atoms with Crippen LogP contribution in [0.5, 0.6) is 5.88 Å². The maximum Gasteiger partial charge on any atom is 0.242 e. The van der Waals surface area contributed by atoms with Crippen LogP contribution >= 0.6 is 0 Å². The number of hydrogen-bond donors (Lipinski definition) is 1. The van der Waals surface area contributed by atoms with Gasteiger partial charge >= 0.3 is 0 Å². The van der Waals surface area contributed by atoms with Crippen molar-refractivity contribution in [1.82, 2.24) is 20.2 Å². The SMILES string of the molecule is CC(C)Oc1cncc(N(C)CC(=O)N2CCNCC2)n1. The lowest BCUT2D eigenvalue weighted by Gasteiger charge is -2.29. The number of amides is 1. The molecule has 1 aliphatic heterocycles. The molecule has 0 radical (unpaired) electrons. The molecule has 1 N–H and O–H groups in total. The molecule has 1 aromatic rings. The zero-order chi connectivity index (χ0) is 15.2. The van der Waals surface area contributed by atoms with Crippen LogP contribution in [0, 0.1) is 0 Å². The number of rotatable bonds is 5. The third-order valence-corrected chi connectivity index (χ3v) is 3.19. The summed E-state index contributed by atoms with van der Waals surface area (Å²) in [5.74, 6) is 1.22. The summed E-state index contributed by atoms with van der Waals surface area (Å²) in [5, 5.41) is 3.23. The van der Waals surface area contributed by atoms with E-state index in [1.54, 1.807) is 17.3 Å². The number of ether oxygens (including phenoxy) is 1. The van der Waals surface area contributed by atoms with E-state index in [1.807, 2.05) is 25.8 Å². The van der Waals surface area contributed by atoms with Crippen molar-refractivity contribution >= 4 is 11.7 Å². The van der Waals surface area contributed by atoms with Gasteiger partial charge in [0.15, 0.2) is 5.82 Å². The van der Waals surface area contributed by atoms with E-state index in [0.717, 1.165) is 26.2 Å². The van der Waals surface area contributed by atoms with Gasteiger partial charge in [0, 0.05) is 33.2 Å². The Hall–Kier alpha value is -1.89. The largest absolute Gasteiger partial charge is 0.474 e. The average Bonchev–Trinajstić information content (AvgIpc) is 2.47. The van der Waals surface area contributed by atoms with Crippen LogP contribution in [0.2, 0.25) is 0 Å². The van der Waals surface area contributed by atoms with Crippen LogP contribution in [0.1, 0.15) is 13.8 Å². The Kier molecular flexibility index (Phi) is 5.32. The van der Waals surface area contributed by atoms with Gasteiger partial charge in [-0.05, 0) is 13.8 Å². The molecule has 7 heteroatoms. The van der Waals surface area contributed by atoms with E-state index in [2.05, 4.69) is 15.3 Å². The molecule has 0 unspecified atom stereocenters. The highest BCUT2D eigenvalue weighted by molar-refractivity contribution is 5.81. The number of aromatic nitrogens is 2. The van der Waals surface area contributed by atoms with Gasteiger partial charge in [-0.2, -0.15) is 4.98 Å². The Balaban J connectivity index is 1.95. The van der Waals surface area contributed by atoms with Gasteiger partial charge in [0.05, 0.1) is 25.0 Å². The number of anilines is 1. The molecule has 0 aliphatic carbocycles. The average molecular weight is 293 g/mol. The van der Waals surface area contributed by atoms with Crippen molar-refractivity contribution in [2.45, 2.75) is 20.0 Å². The minimum atomic E-state index is 0.0438. The van der Waals surface area contributed by atoms with E-state index in [1.165, 1.54) is 0 Å². The van der Waals surface area contributed by atoms with Crippen molar-refractivity contribution in [2.75, 3.05) is 44.7 Å². The zero-order valence-corrected chi connectivity index (χ0v) is 12.9. The maximum absolute atomic E-state index is 12.2. The molecule has 0 aromatic carbocycles. The number of nitrogens with one attached hydrogen (secondary N) is 1. The lowest BCUT2D eigenvalue weighted by Crippen LogP contribution is -2.49. The molecule has 1 amide bonds. The normalized spacial score (nSPS) is 15.1. The lowest BCUT2D eigenvalue weighted by atomic mass is 10.3. The molecule has 116 valence electrons. The zero-order valence-electron chi connectivity index (χ0n) is 12.9. The van der Waals surface area contributed by atoms with Crippen molar-refractivity contribution in [3.05, 3.63) is 12.4 Å². The van der Waals surface area contributed by atoms with Crippen LogP contribution in [-0.2, 0) is 4.79 Å². The Labute approximate surface area is 125 Å². The fourth-order valence-electron chi connectivity index (χ4n) is 2.12. The van der Waals surface area contributed by atoms with Crippen molar-refractivity contribution < 1.29 is 9.53 Å². The first-order valence-corrected chi connectivity index (χ1v) is 7.24. The predicted molar refractivity (Wildman–Crippen MR) is 80.5 cm³/mol. The number of hydrogen-bond acceptors (Lipinski definition) is 6. The molecule has 0 spiro atoms. The third-order valence-electron chi connectivity index (χ3n) is 3.19. The fraction of sp³-hybridized carbons (Fsp3) is 0.643. The molecular weight excluding hydrogens is 270 g/mol. The Bertz CT molecular complexity index is 474. The van der Waals surface area contributed by atoms with Crippen molar-refractivity contribution in [2.24, 2.45) is 0 Å². The van der Waals surface area contributed by atoms with Gasteiger partial charge in [0.1, 0.15) is 0 Å². The Morgan fingerprint density at radius 2 is 2.14 bits per heavy atom. The second-order valence-electron chi connectivity index (χ2n) is 5.37. The fourth-order valence-corrected chi connectivity index (χ4v) is 2.12. The highest BCUT2D eigenvalue weighted by atomic mass is 16.5. The summed E-state index contributed by atoms with van der Waals surface area (Å²) in [4.78, 5) is 24.4. The first-order chi connectivity index (χ1) is 10.1. The maximum atomic E-state index is 12.2.